The van der Waals surface area contributed by atoms with Gasteiger partial charge in [-0.15, -0.1) is 0 Å². The minimum Gasteiger partial charge on any atom is -0.309 e. The van der Waals surface area contributed by atoms with Gasteiger partial charge in [0.15, 0.2) is 5.82 Å². The largest absolute Gasteiger partial charge is 0.309 e. The summed E-state index contributed by atoms with van der Waals surface area (Å²) in [6, 6.07) is 97.0. The minimum absolute atomic E-state index is 0.154. The fraction of sp³-hybridized carbons (Fsp3) is 0.116. The maximum Gasteiger partial charge on any atom is 0.160 e. The molecule has 5 heteroatoms. The van der Waals surface area contributed by atoms with Crippen molar-refractivity contribution in [3.8, 4) is 84.3 Å². The lowest BCUT2D eigenvalue weighted by atomic mass is 9.82. The highest BCUT2D eigenvalue weighted by Crippen LogP contribution is 2.55. The van der Waals surface area contributed by atoms with E-state index in [1.807, 2.05) is 0 Å². The molecule has 2 aliphatic rings. The van der Waals surface area contributed by atoms with E-state index in [0.717, 1.165) is 63.5 Å². The molecule has 434 valence electrons. The number of hydrogen-bond acceptors (Lipinski definition) is 2. The van der Waals surface area contributed by atoms with E-state index in [1.165, 1.54) is 127 Å². The fourth-order valence-electron chi connectivity index (χ4n) is 16.3. The molecule has 0 amide bonds. The van der Waals surface area contributed by atoms with Gasteiger partial charge in [0, 0.05) is 93.6 Å². The van der Waals surface area contributed by atoms with Gasteiger partial charge >= 0.3 is 0 Å². The zero-order valence-electron chi connectivity index (χ0n) is 52.0. The van der Waals surface area contributed by atoms with Crippen LogP contribution in [0.1, 0.15) is 74.9 Å². The van der Waals surface area contributed by atoms with E-state index in [0.29, 0.717) is 5.82 Å². The first kappa shape index (κ1) is 53.2. The van der Waals surface area contributed by atoms with Crippen LogP contribution < -0.4 is 0 Å². The average Bonchev–Trinajstić information content (AvgIpc) is 1.56. The van der Waals surface area contributed by atoms with Crippen LogP contribution in [0.2, 0.25) is 0 Å². The van der Waals surface area contributed by atoms with E-state index in [2.05, 4.69) is 316 Å². The highest BCUT2D eigenvalue weighted by atomic mass is 15.0. The van der Waals surface area contributed by atoms with Gasteiger partial charge in [0.2, 0.25) is 0 Å². The predicted molar refractivity (Wildman–Crippen MR) is 381 cm³/mol. The maximum atomic E-state index is 5.71. The number of fused-ring (bicyclic) bond motifs is 17. The van der Waals surface area contributed by atoms with Gasteiger partial charge in [0.1, 0.15) is 0 Å². The van der Waals surface area contributed by atoms with Crippen LogP contribution >= 0.6 is 0 Å². The Hall–Kier alpha value is -10.9. The second-order valence-corrected chi connectivity index (χ2v) is 26.1. The van der Waals surface area contributed by atoms with Crippen LogP contribution in [-0.2, 0) is 23.7 Å². The van der Waals surface area contributed by atoms with E-state index >= 15 is 0 Å². The zero-order chi connectivity index (χ0) is 61.0. The van der Waals surface area contributed by atoms with Crippen LogP contribution in [0, 0.1) is 0 Å². The topological polar surface area (TPSA) is 40.6 Å². The quantitative estimate of drug-likeness (QED) is 0.144. The summed E-state index contributed by atoms with van der Waals surface area (Å²) in [6.45, 7) is 14.0. The first-order valence-electron chi connectivity index (χ1n) is 32.3. The van der Waals surface area contributed by atoms with Gasteiger partial charge in [0.25, 0.3) is 0 Å². The predicted octanol–water partition coefficient (Wildman–Crippen LogP) is 22.2. The summed E-state index contributed by atoms with van der Waals surface area (Å²) in [4.78, 5) is 11.4. The second kappa shape index (κ2) is 19.8. The monoisotopic (exact) mass is 1170 g/mol. The zero-order valence-corrected chi connectivity index (χ0v) is 52.0. The minimum atomic E-state index is -0.154. The molecule has 0 aliphatic heterocycles. The van der Waals surface area contributed by atoms with Crippen LogP contribution in [0.3, 0.4) is 0 Å². The van der Waals surface area contributed by atoms with Crippen molar-refractivity contribution >= 4 is 65.4 Å². The molecule has 5 nitrogen and oxygen atoms in total. The Morgan fingerprint density at radius 2 is 0.681 bits per heavy atom. The van der Waals surface area contributed by atoms with Crippen LogP contribution in [0.15, 0.2) is 261 Å². The van der Waals surface area contributed by atoms with Crippen molar-refractivity contribution in [1.29, 1.82) is 0 Å². The molecule has 0 atom stereocenters. The standard InChI is InChI=1S/C86H65N5/c1-7-52-24-9-10-31-60(52)78-53(8-2)42-43-64-61-32-13-18-39-75(61)89(81(64)78)59-30-23-27-56(50-59)84-87-73(54-25-21-28-57(48-54)90-76-40-19-14-33-62(76)65-44-46-71-79(82(65)90)67-35-11-16-37-69(67)85(71,3)4)51-74(88-84)55-26-22-29-58(49-55)91-77-41-20-15-34-63(77)66-45-47-72-80(83(66)91)68-36-12-17-38-70(68)86(72,5)6/h9-51H,7-8H2,1-6H3. The van der Waals surface area contributed by atoms with Gasteiger partial charge in [-0.25, -0.2) is 9.97 Å². The summed E-state index contributed by atoms with van der Waals surface area (Å²) < 4.78 is 7.51. The summed E-state index contributed by atoms with van der Waals surface area (Å²) >= 11 is 0. The fourth-order valence-corrected chi connectivity index (χ4v) is 16.3. The third-order valence-electron chi connectivity index (χ3n) is 20.6. The van der Waals surface area contributed by atoms with Gasteiger partial charge in [-0.1, -0.05) is 242 Å². The van der Waals surface area contributed by atoms with Crippen molar-refractivity contribution in [2.75, 3.05) is 0 Å². The first-order chi connectivity index (χ1) is 44.6. The number of nitrogens with zero attached hydrogens (tertiary/aromatic N) is 5. The van der Waals surface area contributed by atoms with E-state index in [-0.39, 0.29) is 10.8 Å². The van der Waals surface area contributed by atoms with E-state index in [9.17, 15) is 0 Å². The third kappa shape index (κ3) is 7.64. The smallest absolute Gasteiger partial charge is 0.160 e. The molecule has 4 heterocycles. The maximum absolute atomic E-state index is 5.71. The normalized spacial score (nSPS) is 13.6. The lowest BCUT2D eigenvalue weighted by molar-refractivity contribution is 0.660. The molecule has 91 heavy (non-hydrogen) atoms. The van der Waals surface area contributed by atoms with Crippen molar-refractivity contribution in [2.45, 2.75) is 65.2 Å². The Morgan fingerprint density at radius 1 is 0.297 bits per heavy atom. The molecule has 16 aromatic rings. The third-order valence-corrected chi connectivity index (χ3v) is 20.6. The van der Waals surface area contributed by atoms with Crippen LogP contribution in [-0.4, -0.2) is 23.7 Å². The highest BCUT2D eigenvalue weighted by Gasteiger charge is 2.39. The van der Waals surface area contributed by atoms with Crippen molar-refractivity contribution in [2.24, 2.45) is 0 Å². The molecule has 0 radical (unpaired) electrons. The molecule has 0 saturated heterocycles. The number of rotatable bonds is 9. The number of aryl methyl sites for hydroxylation is 2. The lowest BCUT2D eigenvalue weighted by Gasteiger charge is -2.21. The molecule has 2 aliphatic carbocycles. The molecule has 0 unspecified atom stereocenters. The summed E-state index contributed by atoms with van der Waals surface area (Å²) in [5.41, 5.74) is 30.6. The molecule has 0 spiro atoms. The Bertz CT molecular complexity index is 5520. The Balaban J connectivity index is 0.869. The van der Waals surface area contributed by atoms with Gasteiger partial charge < -0.3 is 13.7 Å². The van der Waals surface area contributed by atoms with Crippen LogP contribution in [0.4, 0.5) is 0 Å². The molecule has 12 aromatic carbocycles. The van der Waals surface area contributed by atoms with Gasteiger partial charge in [0.05, 0.1) is 44.5 Å². The molecule has 4 aromatic heterocycles. The summed E-state index contributed by atoms with van der Waals surface area (Å²) in [6.07, 6.45) is 1.85. The van der Waals surface area contributed by atoms with Crippen molar-refractivity contribution in [3.05, 3.63) is 294 Å². The van der Waals surface area contributed by atoms with E-state index < -0.39 is 0 Å². The number of benzene rings is 12. The lowest BCUT2D eigenvalue weighted by Crippen LogP contribution is -2.14. The molecule has 0 saturated carbocycles. The average molecular weight is 1170 g/mol. The molecule has 18 rings (SSSR count). The van der Waals surface area contributed by atoms with Crippen LogP contribution in [0.25, 0.3) is 150 Å². The van der Waals surface area contributed by atoms with Gasteiger partial charge in [-0.2, -0.15) is 0 Å². The highest BCUT2D eigenvalue weighted by molar-refractivity contribution is 6.18. The molecular formula is C86H65N5. The first-order valence-corrected chi connectivity index (χ1v) is 32.3. The molecular weight excluding hydrogens is 1100 g/mol. The summed E-state index contributed by atoms with van der Waals surface area (Å²) in [5.74, 6) is 0.652. The van der Waals surface area contributed by atoms with Gasteiger partial charge in [-0.3, -0.25) is 0 Å². The molecule has 0 N–H and O–H groups in total. The number of hydrogen-bond donors (Lipinski definition) is 0. The second-order valence-electron chi connectivity index (χ2n) is 26.1. The van der Waals surface area contributed by atoms with Crippen molar-refractivity contribution < 1.29 is 0 Å². The SMILES string of the molecule is CCc1ccccc1-c1c(CC)ccc2c3ccccc3n(-c3cccc(-c4nc(-c5cccc(-n6c7ccccc7c7ccc8c(c76)-c6ccccc6C8(C)C)c5)cc(-c5cccc(-n6c7ccccc7c7ccc8c(c76)-c6ccccc6C8(C)C)c5)n4)c3)c12. The summed E-state index contributed by atoms with van der Waals surface area (Å²) in [5, 5.41) is 7.42. The van der Waals surface area contributed by atoms with E-state index in [4.69, 9.17) is 9.97 Å². The summed E-state index contributed by atoms with van der Waals surface area (Å²) in [7, 11) is 0. The Labute approximate surface area is 529 Å². The molecule has 0 bridgehead atoms. The molecule has 0 fully saturated rings. The van der Waals surface area contributed by atoms with E-state index in [1.54, 1.807) is 0 Å². The number of aromatic nitrogens is 5. The van der Waals surface area contributed by atoms with Crippen molar-refractivity contribution in [3.63, 3.8) is 0 Å². The van der Waals surface area contributed by atoms with Crippen molar-refractivity contribution in [1.82, 2.24) is 23.7 Å². The number of para-hydroxylation sites is 3. The Morgan fingerprint density at radius 3 is 1.15 bits per heavy atom. The van der Waals surface area contributed by atoms with Crippen LogP contribution in [0.5, 0.6) is 0 Å². The van der Waals surface area contributed by atoms with Gasteiger partial charge in [-0.05, 0) is 124 Å². The Kier molecular flexibility index (Phi) is 11.6.